The maximum absolute atomic E-state index is 8.71. The van der Waals surface area contributed by atoms with Gasteiger partial charge in [-0.05, 0) is 46.5 Å². The second-order valence-electron chi connectivity index (χ2n) is 3.37. The van der Waals surface area contributed by atoms with Crippen LogP contribution in [-0.2, 0) is 0 Å². The van der Waals surface area contributed by atoms with E-state index in [0.29, 0.717) is 0 Å². The molecule has 0 aliphatic rings. The normalized spacial score (nSPS) is 11.8. The summed E-state index contributed by atoms with van der Waals surface area (Å²) in [5.41, 5.74) is 7.02. The average molecular weight is 311 g/mol. The van der Waals surface area contributed by atoms with Gasteiger partial charge in [-0.1, -0.05) is 6.07 Å². The van der Waals surface area contributed by atoms with Crippen molar-refractivity contribution in [3.05, 3.63) is 28.2 Å². The van der Waals surface area contributed by atoms with Crippen LogP contribution < -0.4 is 10.5 Å². The second kappa shape index (κ2) is 7.90. The fraction of sp³-hybridized carbons (Fsp3) is 0.455. The average Bonchev–Trinajstić information content (AvgIpc) is 2.25. The van der Waals surface area contributed by atoms with Crippen molar-refractivity contribution in [3.8, 4) is 5.75 Å². The zero-order chi connectivity index (χ0) is 11.3. The van der Waals surface area contributed by atoms with Gasteiger partial charge in [0.1, 0.15) is 5.75 Å². The number of hydrogen-bond donors (Lipinski definition) is 2. The highest BCUT2D eigenvalue weighted by atomic mass is 79.9. The number of rotatable bonds is 5. The Labute approximate surface area is 111 Å². The van der Waals surface area contributed by atoms with E-state index in [1.54, 1.807) is 7.11 Å². The highest BCUT2D eigenvalue weighted by Crippen LogP contribution is 2.28. The van der Waals surface area contributed by atoms with Gasteiger partial charge in [0.2, 0.25) is 0 Å². The first kappa shape index (κ1) is 15.7. The molecule has 92 valence electrons. The third-order valence-corrected chi connectivity index (χ3v) is 2.90. The molecule has 0 unspecified atom stereocenters. The number of ether oxygens (including phenoxy) is 1. The van der Waals surface area contributed by atoms with Crippen molar-refractivity contribution in [2.24, 2.45) is 5.73 Å². The summed E-state index contributed by atoms with van der Waals surface area (Å²) in [5.74, 6) is 0.799. The third kappa shape index (κ3) is 4.29. The fourth-order valence-corrected chi connectivity index (χ4v) is 1.95. The fourth-order valence-electron chi connectivity index (χ4n) is 1.39. The molecule has 0 radical (unpaired) electrons. The number of aliphatic hydroxyl groups is 1. The standard InChI is InChI=1S/C11H16BrNO2.ClH/c1-15-11-5-4-8(7-9(11)12)10(13)3-2-6-14;/h4-5,7,10,14H,2-3,6,13H2,1H3;1H/t10-;/m0./s1. The van der Waals surface area contributed by atoms with Crippen molar-refractivity contribution in [2.45, 2.75) is 18.9 Å². The van der Waals surface area contributed by atoms with Gasteiger partial charge in [-0.15, -0.1) is 12.4 Å². The first-order valence-corrected chi connectivity index (χ1v) is 5.68. The smallest absolute Gasteiger partial charge is 0.133 e. The Morgan fingerprint density at radius 2 is 2.19 bits per heavy atom. The minimum atomic E-state index is -0.0284. The van der Waals surface area contributed by atoms with Gasteiger partial charge in [-0.2, -0.15) is 0 Å². The van der Waals surface area contributed by atoms with Crippen LogP contribution in [0.3, 0.4) is 0 Å². The van der Waals surface area contributed by atoms with Crippen molar-refractivity contribution in [2.75, 3.05) is 13.7 Å². The number of benzene rings is 1. The molecule has 0 aromatic heterocycles. The molecule has 1 rings (SSSR count). The summed E-state index contributed by atoms with van der Waals surface area (Å²) in [6.07, 6.45) is 1.51. The van der Waals surface area contributed by atoms with Gasteiger partial charge in [0.05, 0.1) is 11.6 Å². The van der Waals surface area contributed by atoms with Crippen molar-refractivity contribution in [1.82, 2.24) is 0 Å². The summed E-state index contributed by atoms with van der Waals surface area (Å²) in [6, 6.07) is 5.77. The van der Waals surface area contributed by atoms with Crippen molar-refractivity contribution >= 4 is 28.3 Å². The minimum Gasteiger partial charge on any atom is -0.496 e. The minimum absolute atomic E-state index is 0. The van der Waals surface area contributed by atoms with Crippen molar-refractivity contribution < 1.29 is 9.84 Å². The van der Waals surface area contributed by atoms with Gasteiger partial charge in [0.15, 0.2) is 0 Å². The summed E-state index contributed by atoms with van der Waals surface area (Å²) >= 11 is 3.41. The summed E-state index contributed by atoms with van der Waals surface area (Å²) in [6.45, 7) is 0.186. The molecule has 0 amide bonds. The van der Waals surface area contributed by atoms with Gasteiger partial charge < -0.3 is 15.6 Å². The van der Waals surface area contributed by atoms with E-state index < -0.39 is 0 Å². The highest BCUT2D eigenvalue weighted by molar-refractivity contribution is 9.10. The molecular formula is C11H17BrClNO2. The molecule has 0 heterocycles. The van der Waals surface area contributed by atoms with E-state index in [1.807, 2.05) is 18.2 Å². The van der Waals surface area contributed by atoms with Crippen LogP contribution in [0.4, 0.5) is 0 Å². The summed E-state index contributed by atoms with van der Waals surface area (Å²) < 4.78 is 6.04. The van der Waals surface area contributed by atoms with Crippen molar-refractivity contribution in [3.63, 3.8) is 0 Å². The molecule has 0 aliphatic heterocycles. The van der Waals surface area contributed by atoms with Crippen LogP contribution in [0.25, 0.3) is 0 Å². The van der Waals surface area contributed by atoms with Crippen LogP contribution in [0.5, 0.6) is 5.75 Å². The SMILES string of the molecule is COc1ccc([C@@H](N)CCCO)cc1Br.Cl. The molecule has 1 aromatic rings. The van der Waals surface area contributed by atoms with Gasteiger partial charge in [0.25, 0.3) is 0 Å². The maximum atomic E-state index is 8.71. The predicted octanol–water partition coefficient (Wildman–Crippen LogP) is 2.65. The summed E-state index contributed by atoms with van der Waals surface area (Å²) in [5, 5.41) is 8.71. The number of halogens is 2. The van der Waals surface area contributed by atoms with Gasteiger partial charge in [-0.25, -0.2) is 0 Å². The zero-order valence-electron chi connectivity index (χ0n) is 9.15. The zero-order valence-corrected chi connectivity index (χ0v) is 11.6. The lowest BCUT2D eigenvalue weighted by molar-refractivity contribution is 0.280. The summed E-state index contributed by atoms with van der Waals surface area (Å²) in [7, 11) is 1.63. The molecule has 1 aromatic carbocycles. The summed E-state index contributed by atoms with van der Waals surface area (Å²) in [4.78, 5) is 0. The molecule has 16 heavy (non-hydrogen) atoms. The largest absolute Gasteiger partial charge is 0.496 e. The molecule has 0 bridgehead atoms. The maximum Gasteiger partial charge on any atom is 0.133 e. The monoisotopic (exact) mass is 309 g/mol. The van der Waals surface area contributed by atoms with Crippen LogP contribution in [0.1, 0.15) is 24.4 Å². The molecule has 0 fully saturated rings. The predicted molar refractivity (Wildman–Crippen MR) is 71.2 cm³/mol. The first-order chi connectivity index (χ1) is 7.19. The number of hydrogen-bond acceptors (Lipinski definition) is 3. The Hall–Kier alpha value is -0.290. The highest BCUT2D eigenvalue weighted by Gasteiger charge is 2.08. The van der Waals surface area contributed by atoms with Crippen molar-refractivity contribution in [1.29, 1.82) is 0 Å². The van der Waals surface area contributed by atoms with E-state index in [1.165, 1.54) is 0 Å². The lowest BCUT2D eigenvalue weighted by Crippen LogP contribution is -2.10. The van der Waals surface area contributed by atoms with Gasteiger partial charge >= 0.3 is 0 Å². The van der Waals surface area contributed by atoms with Gasteiger partial charge in [0, 0.05) is 12.6 Å². The number of nitrogens with two attached hydrogens (primary N) is 1. The Morgan fingerprint density at radius 1 is 1.50 bits per heavy atom. The second-order valence-corrected chi connectivity index (χ2v) is 4.22. The van der Waals surface area contributed by atoms with E-state index in [-0.39, 0.29) is 25.1 Å². The van der Waals surface area contributed by atoms with Crippen LogP contribution in [0.15, 0.2) is 22.7 Å². The molecule has 0 saturated heterocycles. The molecule has 3 nitrogen and oxygen atoms in total. The topological polar surface area (TPSA) is 55.5 Å². The Kier molecular flexibility index (Phi) is 7.76. The van der Waals surface area contributed by atoms with Crippen LogP contribution in [-0.4, -0.2) is 18.8 Å². The first-order valence-electron chi connectivity index (χ1n) is 4.89. The molecule has 3 N–H and O–H groups in total. The molecular weight excluding hydrogens is 293 g/mol. The van der Waals surface area contributed by atoms with Gasteiger partial charge in [-0.3, -0.25) is 0 Å². The Morgan fingerprint density at radius 3 is 2.69 bits per heavy atom. The number of methoxy groups -OCH3 is 1. The molecule has 0 aliphatic carbocycles. The van der Waals surface area contributed by atoms with Crippen LogP contribution in [0, 0.1) is 0 Å². The molecule has 0 saturated carbocycles. The number of aliphatic hydroxyl groups excluding tert-OH is 1. The van der Waals surface area contributed by atoms with E-state index >= 15 is 0 Å². The molecule has 1 atom stereocenters. The molecule has 5 heteroatoms. The third-order valence-electron chi connectivity index (χ3n) is 2.28. The lowest BCUT2D eigenvalue weighted by atomic mass is 10.0. The molecule has 0 spiro atoms. The quantitative estimate of drug-likeness (QED) is 0.879. The van der Waals surface area contributed by atoms with Crippen LogP contribution >= 0.6 is 28.3 Å². The van der Waals surface area contributed by atoms with E-state index in [4.69, 9.17) is 15.6 Å². The lowest BCUT2D eigenvalue weighted by Gasteiger charge is -2.12. The van der Waals surface area contributed by atoms with E-state index in [0.717, 1.165) is 28.6 Å². The van der Waals surface area contributed by atoms with E-state index in [2.05, 4.69) is 15.9 Å². The Bertz CT molecular complexity index is 323. The van der Waals surface area contributed by atoms with Crippen LogP contribution in [0.2, 0.25) is 0 Å². The van der Waals surface area contributed by atoms with E-state index in [9.17, 15) is 0 Å². The Balaban J connectivity index is 0.00000225.